The normalized spacial score (nSPS) is 11.2. The number of aromatic nitrogens is 4. The maximum Gasteiger partial charge on any atom is 0.573 e. The predicted octanol–water partition coefficient (Wildman–Crippen LogP) is 2.36. The molecular formula is C15H10F3N5O3. The van der Waals surface area contributed by atoms with E-state index in [1.807, 2.05) is 0 Å². The largest absolute Gasteiger partial charge is 0.573 e. The lowest BCUT2D eigenvalue weighted by atomic mass is 10.2. The maximum absolute atomic E-state index is 12.4. The summed E-state index contributed by atoms with van der Waals surface area (Å²) in [5.74, 6) is -1.11. The number of carbonyl (C=O) groups is 1. The maximum atomic E-state index is 12.4. The molecule has 26 heavy (non-hydrogen) atoms. The van der Waals surface area contributed by atoms with Gasteiger partial charge in [0.25, 0.3) is 5.91 Å². The van der Waals surface area contributed by atoms with E-state index in [9.17, 15) is 18.0 Å². The second-order valence-electron chi connectivity index (χ2n) is 4.77. The van der Waals surface area contributed by atoms with Crippen molar-refractivity contribution in [2.45, 2.75) is 12.9 Å². The molecule has 0 unspecified atom stereocenters. The highest BCUT2D eigenvalue weighted by Crippen LogP contribution is 2.25. The molecule has 3 aromatic rings. The van der Waals surface area contributed by atoms with E-state index in [4.69, 9.17) is 4.42 Å². The summed E-state index contributed by atoms with van der Waals surface area (Å²) in [5.41, 5.74) is -0.0910. The van der Waals surface area contributed by atoms with Crippen LogP contribution >= 0.6 is 0 Å². The molecule has 0 atom stereocenters. The lowest BCUT2D eigenvalue weighted by Gasteiger charge is -2.12. The third kappa shape index (κ3) is 4.12. The Kier molecular flexibility index (Phi) is 4.78. The summed E-state index contributed by atoms with van der Waals surface area (Å²) in [5, 5.41) is 2.42. The fourth-order valence-corrected chi connectivity index (χ4v) is 2.02. The van der Waals surface area contributed by atoms with E-state index in [2.05, 4.69) is 30.0 Å². The van der Waals surface area contributed by atoms with Gasteiger partial charge in [-0.25, -0.2) is 15.0 Å². The van der Waals surface area contributed by atoms with Gasteiger partial charge < -0.3 is 14.5 Å². The smallest absolute Gasteiger partial charge is 0.443 e. The molecular weight excluding hydrogens is 355 g/mol. The van der Waals surface area contributed by atoms with Crippen LogP contribution in [0.15, 0.2) is 47.6 Å². The van der Waals surface area contributed by atoms with Gasteiger partial charge in [-0.2, -0.15) is 0 Å². The molecule has 3 aromatic heterocycles. The van der Waals surface area contributed by atoms with Crippen LogP contribution in [0.4, 0.5) is 13.2 Å². The lowest BCUT2D eigenvalue weighted by Crippen LogP contribution is -2.26. The number of hydrogen-bond donors (Lipinski definition) is 1. The van der Waals surface area contributed by atoms with E-state index in [1.165, 1.54) is 37.1 Å². The molecule has 0 fully saturated rings. The molecule has 0 saturated heterocycles. The molecule has 3 heterocycles. The fraction of sp³-hybridized carbons (Fsp3) is 0.133. The molecule has 0 aliphatic rings. The second-order valence-corrected chi connectivity index (χ2v) is 4.77. The van der Waals surface area contributed by atoms with Gasteiger partial charge in [-0.05, 0) is 12.1 Å². The zero-order chi connectivity index (χ0) is 18.6. The van der Waals surface area contributed by atoms with Crippen LogP contribution in [-0.2, 0) is 6.54 Å². The quantitative estimate of drug-likeness (QED) is 0.740. The van der Waals surface area contributed by atoms with E-state index in [0.717, 1.165) is 6.07 Å². The highest BCUT2D eigenvalue weighted by atomic mass is 19.4. The Morgan fingerprint density at radius 3 is 2.65 bits per heavy atom. The summed E-state index contributed by atoms with van der Waals surface area (Å²) >= 11 is 0. The third-order valence-electron chi connectivity index (χ3n) is 3.04. The summed E-state index contributed by atoms with van der Waals surface area (Å²) < 4.78 is 46.2. The van der Waals surface area contributed by atoms with Gasteiger partial charge in [0, 0.05) is 18.6 Å². The first kappa shape index (κ1) is 17.3. The van der Waals surface area contributed by atoms with Crippen LogP contribution in [0.3, 0.4) is 0 Å². The molecule has 1 N–H and O–H groups in total. The summed E-state index contributed by atoms with van der Waals surface area (Å²) in [6, 6.07) is 2.39. The third-order valence-corrected chi connectivity index (χ3v) is 3.04. The van der Waals surface area contributed by atoms with Crippen LogP contribution in [0.1, 0.15) is 16.2 Å². The van der Waals surface area contributed by atoms with Crippen molar-refractivity contribution >= 4 is 5.91 Å². The van der Waals surface area contributed by atoms with Crippen molar-refractivity contribution in [1.82, 2.24) is 25.3 Å². The SMILES string of the molecule is O=C(NCc1ncccc1OC(F)(F)F)c1nccnc1-c1ncco1. The molecule has 0 aromatic carbocycles. The number of oxazole rings is 1. The monoisotopic (exact) mass is 365 g/mol. The Morgan fingerprint density at radius 1 is 1.12 bits per heavy atom. The average Bonchev–Trinajstić information content (AvgIpc) is 3.14. The molecule has 0 spiro atoms. The van der Waals surface area contributed by atoms with Crippen LogP contribution in [0.2, 0.25) is 0 Å². The molecule has 8 nitrogen and oxygen atoms in total. The molecule has 1 amide bonds. The Balaban J connectivity index is 1.77. The Labute approximate surface area is 144 Å². The van der Waals surface area contributed by atoms with Gasteiger partial charge >= 0.3 is 6.36 Å². The van der Waals surface area contributed by atoms with Crippen LogP contribution < -0.4 is 10.1 Å². The molecule has 134 valence electrons. The first-order valence-electron chi connectivity index (χ1n) is 7.13. The van der Waals surface area contributed by atoms with E-state index in [0.29, 0.717) is 0 Å². The first-order valence-corrected chi connectivity index (χ1v) is 7.13. The lowest BCUT2D eigenvalue weighted by molar-refractivity contribution is -0.275. The number of halogens is 3. The predicted molar refractivity (Wildman–Crippen MR) is 79.6 cm³/mol. The van der Waals surface area contributed by atoms with Gasteiger partial charge in [0.15, 0.2) is 17.1 Å². The summed E-state index contributed by atoms with van der Waals surface area (Å²) in [4.78, 5) is 28.0. The molecule has 0 aliphatic heterocycles. The standard InChI is InChI=1S/C15H10F3N5O3/c16-15(17,18)26-10-2-1-3-19-9(10)8-23-13(24)11-12(21-5-4-20-11)14-22-6-7-25-14/h1-7H,8H2,(H,23,24). The topological polar surface area (TPSA) is 103 Å². The highest BCUT2D eigenvalue weighted by molar-refractivity contribution is 5.96. The summed E-state index contributed by atoms with van der Waals surface area (Å²) in [7, 11) is 0. The number of nitrogens with one attached hydrogen (secondary N) is 1. The van der Waals surface area contributed by atoms with Crippen molar-refractivity contribution in [2.24, 2.45) is 0 Å². The van der Waals surface area contributed by atoms with Gasteiger partial charge in [-0.3, -0.25) is 9.78 Å². The molecule has 11 heteroatoms. The van der Waals surface area contributed by atoms with Crippen LogP contribution in [-0.4, -0.2) is 32.2 Å². The van der Waals surface area contributed by atoms with Crippen molar-refractivity contribution in [3.05, 3.63) is 54.6 Å². The Hall–Kier alpha value is -3.50. The molecule has 0 aliphatic carbocycles. The fourth-order valence-electron chi connectivity index (χ4n) is 2.02. The van der Waals surface area contributed by atoms with Crippen molar-refractivity contribution in [3.63, 3.8) is 0 Å². The number of nitrogens with zero attached hydrogens (tertiary/aromatic N) is 4. The van der Waals surface area contributed by atoms with Crippen molar-refractivity contribution < 1.29 is 27.1 Å². The molecule has 0 saturated carbocycles. The molecule has 3 rings (SSSR count). The van der Waals surface area contributed by atoms with Crippen LogP contribution in [0, 0.1) is 0 Å². The van der Waals surface area contributed by atoms with E-state index >= 15 is 0 Å². The second kappa shape index (κ2) is 7.17. The number of amides is 1. The van der Waals surface area contributed by atoms with E-state index in [1.54, 1.807) is 0 Å². The van der Waals surface area contributed by atoms with Gasteiger partial charge in [0.05, 0.1) is 12.7 Å². The number of hydrogen-bond acceptors (Lipinski definition) is 7. The molecule has 0 bridgehead atoms. The van der Waals surface area contributed by atoms with Crippen LogP contribution in [0.25, 0.3) is 11.6 Å². The highest BCUT2D eigenvalue weighted by Gasteiger charge is 2.32. The van der Waals surface area contributed by atoms with Gasteiger partial charge in [-0.15, -0.1) is 13.2 Å². The average molecular weight is 365 g/mol. The number of carbonyl (C=O) groups excluding carboxylic acids is 1. The zero-order valence-electron chi connectivity index (χ0n) is 12.9. The van der Waals surface area contributed by atoms with E-state index in [-0.39, 0.29) is 29.5 Å². The van der Waals surface area contributed by atoms with Gasteiger partial charge in [0.1, 0.15) is 12.0 Å². The van der Waals surface area contributed by atoms with E-state index < -0.39 is 18.0 Å². The zero-order valence-corrected chi connectivity index (χ0v) is 12.9. The minimum atomic E-state index is -4.87. The summed E-state index contributed by atoms with van der Waals surface area (Å²) in [6.07, 6.45) is 1.74. The summed E-state index contributed by atoms with van der Waals surface area (Å²) in [6.45, 7) is -0.313. The van der Waals surface area contributed by atoms with Crippen molar-refractivity contribution in [2.75, 3.05) is 0 Å². The minimum absolute atomic E-state index is 0.0854. The van der Waals surface area contributed by atoms with Gasteiger partial charge in [-0.1, -0.05) is 0 Å². The number of alkyl halides is 3. The Bertz CT molecular complexity index is 900. The van der Waals surface area contributed by atoms with Gasteiger partial charge in [0.2, 0.25) is 5.89 Å². The van der Waals surface area contributed by atoms with Crippen molar-refractivity contribution in [3.8, 4) is 17.3 Å². The van der Waals surface area contributed by atoms with Crippen molar-refractivity contribution in [1.29, 1.82) is 0 Å². The minimum Gasteiger partial charge on any atom is -0.443 e. The number of ether oxygens (including phenoxy) is 1. The number of pyridine rings is 1. The van der Waals surface area contributed by atoms with Crippen LogP contribution in [0.5, 0.6) is 5.75 Å². The first-order chi connectivity index (χ1) is 12.4. The Morgan fingerprint density at radius 2 is 1.92 bits per heavy atom. The number of rotatable bonds is 5. The molecule has 0 radical (unpaired) electrons.